The molecule has 1 atom stereocenters. The lowest BCUT2D eigenvalue weighted by atomic mass is 10.1. The summed E-state index contributed by atoms with van der Waals surface area (Å²) in [5, 5.41) is 15.5. The zero-order valence-corrected chi connectivity index (χ0v) is 18.5. The van der Waals surface area contributed by atoms with Gasteiger partial charge < -0.3 is 9.84 Å². The number of pyridine rings is 1. The number of nitrogens with zero attached hydrogens (tertiary/aromatic N) is 3. The van der Waals surface area contributed by atoms with Crippen LogP contribution in [0.3, 0.4) is 0 Å². The van der Waals surface area contributed by atoms with Gasteiger partial charge in [0.2, 0.25) is 5.88 Å². The van der Waals surface area contributed by atoms with Crippen molar-refractivity contribution in [2.75, 3.05) is 13.7 Å². The minimum absolute atomic E-state index is 0.256. The van der Waals surface area contributed by atoms with Crippen LogP contribution in [0.25, 0.3) is 10.8 Å². The molecule has 0 bridgehead atoms. The molecule has 4 aromatic rings. The van der Waals surface area contributed by atoms with Crippen molar-refractivity contribution in [2.24, 2.45) is 0 Å². The number of rotatable bonds is 6. The quantitative estimate of drug-likeness (QED) is 0.478. The van der Waals surface area contributed by atoms with Crippen molar-refractivity contribution in [3.8, 4) is 5.88 Å². The maximum absolute atomic E-state index is 13.0. The minimum Gasteiger partial charge on any atom is -0.481 e. The summed E-state index contributed by atoms with van der Waals surface area (Å²) in [6.07, 6.45) is 3.24. The number of hydrogen-bond acceptors (Lipinski definition) is 6. The predicted molar refractivity (Wildman–Crippen MR) is 124 cm³/mol. The third-order valence-electron chi connectivity index (χ3n) is 4.58. The Morgan fingerprint density at radius 2 is 1.81 bits per heavy atom. The zero-order chi connectivity index (χ0) is 22.2. The minimum atomic E-state index is -0.622. The molecule has 0 fully saturated rings. The molecule has 6 nitrogen and oxygen atoms in total. The summed E-state index contributed by atoms with van der Waals surface area (Å²) in [7, 11) is 1.53. The number of hydrogen-bond donors (Lipinski definition) is 1. The number of aliphatic hydroxyl groups excluding tert-OH is 1. The topological polar surface area (TPSA) is 77.2 Å². The van der Waals surface area contributed by atoms with Gasteiger partial charge in [0.15, 0.2) is 0 Å². The molecule has 0 spiro atoms. The predicted octanol–water partition coefficient (Wildman–Crippen LogP) is 4.56. The van der Waals surface area contributed by atoms with Crippen LogP contribution in [0, 0.1) is 0 Å². The van der Waals surface area contributed by atoms with Crippen LogP contribution >= 0.6 is 11.8 Å². The van der Waals surface area contributed by atoms with Crippen LogP contribution in [0.15, 0.2) is 87.6 Å². The summed E-state index contributed by atoms with van der Waals surface area (Å²) in [4.78, 5) is 19.3. The van der Waals surface area contributed by atoms with Crippen molar-refractivity contribution in [3.63, 3.8) is 0 Å². The van der Waals surface area contributed by atoms with Crippen molar-refractivity contribution in [2.45, 2.75) is 29.7 Å². The van der Waals surface area contributed by atoms with E-state index in [9.17, 15) is 9.90 Å². The maximum atomic E-state index is 13.0. The molecular formula is C24H25N3O3S. The summed E-state index contributed by atoms with van der Waals surface area (Å²) in [6, 6.07) is 18.6. The number of aliphatic hydroxyl groups is 1. The van der Waals surface area contributed by atoms with Gasteiger partial charge in [-0.25, -0.2) is 9.67 Å². The van der Waals surface area contributed by atoms with E-state index in [1.54, 1.807) is 36.3 Å². The van der Waals surface area contributed by atoms with Gasteiger partial charge in [0, 0.05) is 27.4 Å². The Bertz CT molecular complexity index is 1180. The van der Waals surface area contributed by atoms with Crippen LogP contribution in [-0.4, -0.2) is 33.6 Å². The second-order valence-corrected chi connectivity index (χ2v) is 7.54. The zero-order valence-electron chi connectivity index (χ0n) is 17.7. The second kappa shape index (κ2) is 10.7. The number of aromatic nitrogens is 3. The average molecular weight is 436 g/mol. The van der Waals surface area contributed by atoms with Gasteiger partial charge in [0.1, 0.15) is 6.04 Å². The van der Waals surface area contributed by atoms with Crippen molar-refractivity contribution in [1.29, 1.82) is 0 Å². The van der Waals surface area contributed by atoms with E-state index in [2.05, 4.69) is 10.1 Å². The van der Waals surface area contributed by atoms with Gasteiger partial charge in [0.05, 0.1) is 25.3 Å². The number of benzene rings is 2. The van der Waals surface area contributed by atoms with Gasteiger partial charge in [-0.3, -0.25) is 4.79 Å². The second-order valence-electron chi connectivity index (χ2n) is 6.39. The molecule has 2 aromatic carbocycles. The summed E-state index contributed by atoms with van der Waals surface area (Å²) < 4.78 is 6.37. The molecule has 2 aromatic heterocycles. The molecule has 160 valence electrons. The normalized spacial score (nSPS) is 11.5. The largest absolute Gasteiger partial charge is 0.481 e. The Morgan fingerprint density at radius 3 is 2.45 bits per heavy atom. The fraction of sp³-hybridized carbons (Fsp3) is 0.208. The van der Waals surface area contributed by atoms with E-state index in [-0.39, 0.29) is 12.2 Å². The number of fused-ring (bicyclic) bond motifs is 1. The molecular weight excluding hydrogens is 410 g/mol. The van der Waals surface area contributed by atoms with Crippen molar-refractivity contribution in [3.05, 3.63) is 89.0 Å². The first-order valence-electron chi connectivity index (χ1n) is 10.0. The molecule has 31 heavy (non-hydrogen) atoms. The van der Waals surface area contributed by atoms with Crippen molar-refractivity contribution < 1.29 is 9.84 Å². The smallest absolute Gasteiger partial charge is 0.275 e. The Morgan fingerprint density at radius 1 is 1.03 bits per heavy atom. The van der Waals surface area contributed by atoms with E-state index < -0.39 is 6.04 Å². The van der Waals surface area contributed by atoms with Gasteiger partial charge in [-0.1, -0.05) is 43.8 Å². The van der Waals surface area contributed by atoms with E-state index in [0.717, 1.165) is 15.2 Å². The van der Waals surface area contributed by atoms with E-state index in [4.69, 9.17) is 4.74 Å². The highest BCUT2D eigenvalue weighted by atomic mass is 32.2. The van der Waals surface area contributed by atoms with Gasteiger partial charge >= 0.3 is 0 Å². The van der Waals surface area contributed by atoms with Crippen LogP contribution in [0.2, 0.25) is 0 Å². The molecule has 2 heterocycles. The van der Waals surface area contributed by atoms with E-state index in [1.165, 1.54) is 11.8 Å². The summed E-state index contributed by atoms with van der Waals surface area (Å²) in [6.45, 7) is 3.73. The van der Waals surface area contributed by atoms with Crippen molar-refractivity contribution >= 4 is 22.5 Å². The fourth-order valence-corrected chi connectivity index (χ4v) is 3.97. The Kier molecular flexibility index (Phi) is 7.81. The fourth-order valence-electron chi connectivity index (χ4n) is 3.09. The Labute approximate surface area is 185 Å². The van der Waals surface area contributed by atoms with E-state index >= 15 is 0 Å². The number of ether oxygens (including phenoxy) is 1. The van der Waals surface area contributed by atoms with E-state index in [0.29, 0.717) is 16.8 Å². The monoisotopic (exact) mass is 435 g/mol. The SMILES string of the molecule is CC.COc1ccc(C(CO)n2ncc3cc(Sc4ccccc4)ccc3c2=O)cn1. The van der Waals surface area contributed by atoms with Gasteiger partial charge in [-0.05, 0) is 42.0 Å². The molecule has 0 amide bonds. The molecule has 0 saturated carbocycles. The highest BCUT2D eigenvalue weighted by Crippen LogP contribution is 2.29. The standard InChI is InChI=1S/C22H19N3O3S.C2H6/c1-28-21-10-7-15(12-23-21)20(14-26)25-22(27)19-9-8-18(11-16(19)13-24-25)29-17-5-3-2-4-6-17;1-2/h2-13,20,26H,14H2,1H3;1-2H3. The number of methoxy groups -OCH3 is 1. The molecule has 0 aliphatic carbocycles. The lowest BCUT2D eigenvalue weighted by Crippen LogP contribution is -2.30. The summed E-state index contributed by atoms with van der Waals surface area (Å²) >= 11 is 1.63. The maximum Gasteiger partial charge on any atom is 0.275 e. The van der Waals surface area contributed by atoms with Crippen LogP contribution in [0.1, 0.15) is 25.5 Å². The van der Waals surface area contributed by atoms with Gasteiger partial charge in [-0.15, -0.1) is 0 Å². The molecule has 0 aliphatic heterocycles. The molecule has 0 aliphatic rings. The molecule has 1 unspecified atom stereocenters. The van der Waals surface area contributed by atoms with Crippen LogP contribution < -0.4 is 10.3 Å². The van der Waals surface area contributed by atoms with E-state index in [1.807, 2.05) is 62.4 Å². The Balaban J connectivity index is 0.00000132. The highest BCUT2D eigenvalue weighted by molar-refractivity contribution is 7.99. The first-order valence-corrected chi connectivity index (χ1v) is 10.9. The first-order chi connectivity index (χ1) is 15.2. The first kappa shape index (κ1) is 22.5. The summed E-state index contributed by atoms with van der Waals surface area (Å²) in [5.74, 6) is 0.465. The molecule has 7 heteroatoms. The van der Waals surface area contributed by atoms with Gasteiger partial charge in [-0.2, -0.15) is 5.10 Å². The van der Waals surface area contributed by atoms with Crippen molar-refractivity contribution in [1.82, 2.24) is 14.8 Å². The van der Waals surface area contributed by atoms with Crippen LogP contribution in [0.4, 0.5) is 0 Å². The average Bonchev–Trinajstić information content (AvgIpc) is 2.83. The molecule has 1 N–H and O–H groups in total. The summed E-state index contributed by atoms with van der Waals surface area (Å²) in [5.41, 5.74) is 0.423. The lowest BCUT2D eigenvalue weighted by Gasteiger charge is -2.17. The molecule has 4 rings (SSSR count). The molecule has 0 saturated heterocycles. The Hall–Kier alpha value is -3.16. The van der Waals surface area contributed by atoms with Crippen LogP contribution in [0.5, 0.6) is 5.88 Å². The highest BCUT2D eigenvalue weighted by Gasteiger charge is 2.17. The lowest BCUT2D eigenvalue weighted by molar-refractivity contribution is 0.237. The third kappa shape index (κ3) is 5.13. The molecule has 0 radical (unpaired) electrons. The third-order valence-corrected chi connectivity index (χ3v) is 5.58. The van der Waals surface area contributed by atoms with Gasteiger partial charge in [0.25, 0.3) is 5.56 Å². The van der Waals surface area contributed by atoms with Crippen LogP contribution in [-0.2, 0) is 0 Å².